The zero-order chi connectivity index (χ0) is 9.80. The van der Waals surface area contributed by atoms with Crippen molar-refractivity contribution >= 4 is 39.5 Å². The van der Waals surface area contributed by atoms with E-state index >= 15 is 0 Å². The van der Waals surface area contributed by atoms with Crippen LogP contribution in [0.4, 0.5) is 5.00 Å². The Kier molecular flexibility index (Phi) is 5.91. The van der Waals surface area contributed by atoms with Gasteiger partial charge in [-0.15, -0.1) is 9.32 Å². The third-order valence-electron chi connectivity index (χ3n) is 1.56. The molecule has 0 aliphatic rings. The van der Waals surface area contributed by atoms with Gasteiger partial charge in [-0.05, 0) is 17.0 Å². The number of hydrogen-bond acceptors (Lipinski definition) is 6. The second-order valence-corrected chi connectivity index (χ2v) is 3.62. The number of hydrogen-bond donors (Lipinski definition) is 1. The van der Waals surface area contributed by atoms with Crippen LogP contribution in [0.5, 0.6) is 0 Å². The van der Waals surface area contributed by atoms with Crippen molar-refractivity contribution in [3.05, 3.63) is 24.3 Å². The molecular weight excluding hydrogens is 243 g/mol. The molecule has 0 atom stereocenters. The molecule has 0 saturated carbocycles. The minimum atomic E-state index is 0. The summed E-state index contributed by atoms with van der Waals surface area (Å²) < 4.78 is 8.84. The Hall–Kier alpha value is 0.180. The van der Waals surface area contributed by atoms with Gasteiger partial charge in [0.2, 0.25) is 0 Å². The van der Waals surface area contributed by atoms with E-state index in [4.69, 9.17) is 4.99 Å². The van der Waals surface area contributed by atoms with Gasteiger partial charge in [0, 0.05) is 18.3 Å². The number of anilines is 1. The molecule has 2 rings (SSSR count). The van der Waals surface area contributed by atoms with Crippen molar-refractivity contribution in [2.75, 3.05) is 11.7 Å². The Labute approximate surface area is 118 Å². The van der Waals surface area contributed by atoms with Crippen LogP contribution in [-0.4, -0.2) is 10.6 Å². The van der Waals surface area contributed by atoms with Crippen LogP contribution >= 0.6 is 23.6 Å². The van der Waals surface area contributed by atoms with Crippen LogP contribution in [0, 0.1) is 6.07 Å². The van der Waals surface area contributed by atoms with Crippen LogP contribution in [0.25, 0.3) is 10.9 Å². The molecule has 1 aromatic heterocycles. The molecule has 2 aromatic rings. The van der Waals surface area contributed by atoms with Gasteiger partial charge in [-0.2, -0.15) is 24.3 Å². The van der Waals surface area contributed by atoms with Gasteiger partial charge in [-0.3, -0.25) is 4.37 Å². The van der Waals surface area contributed by atoms with Crippen molar-refractivity contribution in [3.63, 3.8) is 0 Å². The molecule has 7 heteroatoms. The molecule has 74 valence electrons. The molecule has 1 heterocycles. The largest absolute Gasteiger partial charge is 1.00 e. The van der Waals surface area contributed by atoms with Crippen molar-refractivity contribution in [2.24, 2.45) is 0 Å². The molecule has 0 spiro atoms. The fraction of sp³-hybridized carbons (Fsp3) is 0.125. The number of benzene rings is 1. The van der Waals surface area contributed by atoms with Crippen molar-refractivity contribution in [1.82, 2.24) is 4.37 Å². The molecule has 0 saturated heterocycles. The number of aromatic nitrogens is 1. The summed E-state index contributed by atoms with van der Waals surface area (Å²) in [6.45, 7) is 0. The first-order valence-corrected chi connectivity index (χ1v) is 5.72. The van der Waals surface area contributed by atoms with Gasteiger partial charge in [-0.1, -0.05) is 5.39 Å². The third kappa shape index (κ3) is 3.32. The molecular formula is C8H7N2NaO2S2. The van der Waals surface area contributed by atoms with E-state index in [9.17, 15) is 0 Å². The molecule has 0 radical (unpaired) electrons. The van der Waals surface area contributed by atoms with E-state index in [-0.39, 0.29) is 29.6 Å². The average molecular weight is 250 g/mol. The summed E-state index contributed by atoms with van der Waals surface area (Å²) in [5, 5.41) is 1.82. The summed E-state index contributed by atoms with van der Waals surface area (Å²) in [7, 11) is 0. The van der Waals surface area contributed by atoms with E-state index < -0.39 is 0 Å². The van der Waals surface area contributed by atoms with E-state index in [1.165, 1.54) is 11.5 Å². The summed E-state index contributed by atoms with van der Waals surface area (Å²) in [6.07, 6.45) is 1.77. The summed E-state index contributed by atoms with van der Waals surface area (Å²) in [5.74, 6) is 0. The summed E-state index contributed by atoms with van der Waals surface area (Å²) in [5.41, 5.74) is 3.56. The van der Waals surface area contributed by atoms with Crippen LogP contribution in [0.3, 0.4) is 0 Å². The molecule has 0 aliphatic heterocycles. The number of nitrogens with one attached hydrogen (secondary N) is 1. The maximum atomic E-state index is 4.71. The minimum absolute atomic E-state index is 0. The number of rotatable bonds is 4. The standard InChI is InChI=1S/C8H7N2O2S2.Na/c1-13-12-11-9-8-6-4-2-3-5-7(6)10-14-8;/h2,4-5,9H,1H3;/q-1;+1. The number of nitrogens with zero attached hydrogens (tertiary/aromatic N) is 1. The van der Waals surface area contributed by atoms with Crippen molar-refractivity contribution in [2.45, 2.75) is 0 Å². The molecule has 1 N–H and O–H groups in total. The van der Waals surface area contributed by atoms with Crippen LogP contribution in [0.1, 0.15) is 0 Å². The van der Waals surface area contributed by atoms with Gasteiger partial charge < -0.3 is 0 Å². The zero-order valence-electron chi connectivity index (χ0n) is 8.31. The predicted octanol–water partition coefficient (Wildman–Crippen LogP) is -0.346. The average Bonchev–Trinajstić information content (AvgIpc) is 2.63. The first-order chi connectivity index (χ1) is 6.92. The molecule has 4 nitrogen and oxygen atoms in total. The van der Waals surface area contributed by atoms with E-state index in [2.05, 4.69) is 20.3 Å². The van der Waals surface area contributed by atoms with Crippen LogP contribution < -0.4 is 35.0 Å². The zero-order valence-corrected chi connectivity index (χ0v) is 11.9. The Morgan fingerprint density at radius 3 is 3.27 bits per heavy atom. The molecule has 0 unspecified atom stereocenters. The fourth-order valence-corrected chi connectivity index (χ4v) is 1.78. The topological polar surface area (TPSA) is 43.4 Å². The van der Waals surface area contributed by atoms with Gasteiger partial charge in [0.05, 0.1) is 0 Å². The maximum Gasteiger partial charge on any atom is 1.00 e. The smallest absolute Gasteiger partial charge is 0.257 e. The summed E-state index contributed by atoms with van der Waals surface area (Å²) in [4.78, 5) is 4.71. The van der Waals surface area contributed by atoms with Crippen molar-refractivity contribution in [1.29, 1.82) is 0 Å². The Morgan fingerprint density at radius 2 is 2.47 bits per heavy atom. The molecule has 0 fully saturated rings. The van der Waals surface area contributed by atoms with Crippen molar-refractivity contribution in [3.8, 4) is 0 Å². The van der Waals surface area contributed by atoms with Crippen LogP contribution in [-0.2, 0) is 9.32 Å². The second kappa shape index (κ2) is 6.70. The Morgan fingerprint density at radius 1 is 1.60 bits per heavy atom. The molecule has 1 aromatic carbocycles. The van der Waals surface area contributed by atoms with E-state index in [0.29, 0.717) is 0 Å². The van der Waals surface area contributed by atoms with E-state index in [1.807, 2.05) is 18.2 Å². The predicted molar refractivity (Wildman–Crippen MR) is 57.8 cm³/mol. The SMILES string of the molecule is CSOONc1snc2c[c-]ccc12.[Na+]. The maximum absolute atomic E-state index is 4.71. The summed E-state index contributed by atoms with van der Waals surface area (Å²) in [6, 6.07) is 8.53. The van der Waals surface area contributed by atoms with Gasteiger partial charge in [0.25, 0.3) is 0 Å². The molecule has 0 amide bonds. The first kappa shape index (κ1) is 13.2. The number of fused-ring (bicyclic) bond motifs is 1. The van der Waals surface area contributed by atoms with E-state index in [0.717, 1.165) is 27.9 Å². The second-order valence-electron chi connectivity index (χ2n) is 2.38. The molecule has 0 aliphatic carbocycles. The molecule has 0 bridgehead atoms. The van der Waals surface area contributed by atoms with Crippen molar-refractivity contribution < 1.29 is 38.9 Å². The summed E-state index contributed by atoms with van der Waals surface area (Å²) >= 11 is 2.44. The molecule has 15 heavy (non-hydrogen) atoms. The minimum Gasteiger partial charge on any atom is -0.257 e. The monoisotopic (exact) mass is 250 g/mol. The third-order valence-corrected chi connectivity index (χ3v) is 2.54. The van der Waals surface area contributed by atoms with Crippen LogP contribution in [0.2, 0.25) is 0 Å². The quantitative estimate of drug-likeness (QED) is 0.201. The van der Waals surface area contributed by atoms with E-state index in [1.54, 1.807) is 6.26 Å². The van der Waals surface area contributed by atoms with Gasteiger partial charge in [-0.25, -0.2) is 5.48 Å². The first-order valence-electron chi connectivity index (χ1n) is 3.79. The normalized spacial score (nSPS) is 9.93. The fourth-order valence-electron chi connectivity index (χ4n) is 0.996. The van der Waals surface area contributed by atoms with Gasteiger partial charge in [0.15, 0.2) is 0 Å². The Balaban J connectivity index is 0.00000112. The van der Waals surface area contributed by atoms with Crippen LogP contribution in [0.15, 0.2) is 18.2 Å². The van der Waals surface area contributed by atoms with Gasteiger partial charge >= 0.3 is 29.6 Å². The Bertz CT molecular complexity index is 424. The van der Waals surface area contributed by atoms with Gasteiger partial charge in [0.1, 0.15) is 5.00 Å².